The lowest BCUT2D eigenvalue weighted by Crippen LogP contribution is -3.06. The Balaban J connectivity index is 1.96. The summed E-state index contributed by atoms with van der Waals surface area (Å²) in [5.41, 5.74) is 0.944. The molecule has 2 heterocycles. The fraction of sp³-hybridized carbons (Fsp3) is 0.412. The molecule has 0 fully saturated rings. The van der Waals surface area contributed by atoms with Gasteiger partial charge < -0.3 is 14.4 Å². The van der Waals surface area contributed by atoms with E-state index < -0.39 is 0 Å². The van der Waals surface area contributed by atoms with Gasteiger partial charge in [0, 0.05) is 4.90 Å². The summed E-state index contributed by atoms with van der Waals surface area (Å²) < 4.78 is 11.8. The van der Waals surface area contributed by atoms with E-state index in [-0.39, 0.29) is 11.7 Å². The number of aromatic nitrogens is 1. The second-order valence-corrected chi connectivity index (χ2v) is 7.78. The summed E-state index contributed by atoms with van der Waals surface area (Å²) in [4.78, 5) is 21.8. The van der Waals surface area contributed by atoms with Crippen LogP contribution in [0.2, 0.25) is 0 Å². The monoisotopic (exact) mass is 380 g/mol. The third kappa shape index (κ3) is 4.08. The number of amides is 1. The average molecular weight is 381 g/mol. The van der Waals surface area contributed by atoms with Crippen molar-refractivity contribution in [3.63, 3.8) is 0 Å². The number of anilines is 1. The van der Waals surface area contributed by atoms with Crippen LogP contribution in [0.4, 0.5) is 5.13 Å². The second-order valence-electron chi connectivity index (χ2n) is 5.92. The van der Waals surface area contributed by atoms with E-state index in [0.717, 1.165) is 21.7 Å². The molecule has 3 rings (SSSR count). The predicted molar refractivity (Wildman–Crippen MR) is 101 cm³/mol. The highest BCUT2D eigenvalue weighted by atomic mass is 32.2. The highest BCUT2D eigenvalue weighted by molar-refractivity contribution is 7.98. The molecule has 0 atom stereocenters. The number of nitrogens with zero attached hydrogens (tertiary/aromatic N) is 2. The van der Waals surface area contributed by atoms with E-state index in [9.17, 15) is 4.79 Å². The van der Waals surface area contributed by atoms with E-state index >= 15 is 0 Å². The van der Waals surface area contributed by atoms with Crippen molar-refractivity contribution in [1.82, 2.24) is 4.98 Å². The first-order valence-corrected chi connectivity index (χ1v) is 10.1. The zero-order valence-corrected chi connectivity index (χ0v) is 16.2. The molecule has 0 spiro atoms. The second kappa shape index (κ2) is 8.07. The molecule has 1 amide bonds. The lowest BCUT2D eigenvalue weighted by molar-refractivity contribution is -0.856. The van der Waals surface area contributed by atoms with Gasteiger partial charge in [-0.1, -0.05) is 17.4 Å². The first kappa shape index (κ1) is 18.0. The number of carbonyl (C=O) groups excluding carboxylic acids is 1. The molecule has 0 saturated carbocycles. The number of hydrogen-bond acceptors (Lipinski definition) is 6. The fourth-order valence-corrected chi connectivity index (χ4v) is 4.07. The molecule has 25 heavy (non-hydrogen) atoms. The Bertz CT molecular complexity index is 789. The fourth-order valence-electron chi connectivity index (χ4n) is 2.42. The molecule has 1 aromatic heterocycles. The molecule has 0 radical (unpaired) electrons. The van der Waals surface area contributed by atoms with Crippen molar-refractivity contribution in [3.05, 3.63) is 30.2 Å². The summed E-state index contributed by atoms with van der Waals surface area (Å²) >= 11 is 3.19. The van der Waals surface area contributed by atoms with Crippen molar-refractivity contribution in [3.8, 4) is 0 Å². The van der Waals surface area contributed by atoms with E-state index in [1.165, 1.54) is 22.5 Å². The van der Waals surface area contributed by atoms with Crippen LogP contribution in [0, 0.1) is 0 Å². The van der Waals surface area contributed by atoms with Crippen molar-refractivity contribution < 1.29 is 19.2 Å². The van der Waals surface area contributed by atoms with Crippen LogP contribution in [0.25, 0.3) is 10.2 Å². The maximum atomic E-state index is 12.9. The number of benzene rings is 1. The maximum Gasteiger partial charge on any atom is 0.298 e. The molecular weight excluding hydrogens is 358 g/mol. The molecule has 8 heteroatoms. The number of fused-ring (bicyclic) bond motifs is 1. The quantitative estimate of drug-likeness (QED) is 0.768. The Hall–Kier alpha value is -1.77. The lowest BCUT2D eigenvalue weighted by atomic mass is 10.3. The summed E-state index contributed by atoms with van der Waals surface area (Å²) in [5.74, 6) is 0.0371. The number of thiazole rings is 1. The van der Waals surface area contributed by atoms with Gasteiger partial charge in [0.25, 0.3) is 5.91 Å². The number of quaternary nitrogens is 1. The smallest absolute Gasteiger partial charge is 0.298 e. The van der Waals surface area contributed by atoms with Crippen LogP contribution in [-0.4, -0.2) is 57.5 Å². The van der Waals surface area contributed by atoms with Crippen molar-refractivity contribution >= 4 is 44.4 Å². The van der Waals surface area contributed by atoms with Crippen LogP contribution < -0.4 is 9.80 Å². The zero-order chi connectivity index (χ0) is 17.8. The topological polar surface area (TPSA) is 56.1 Å². The molecule has 2 aromatic rings. The Labute approximate surface area is 155 Å². The zero-order valence-electron chi connectivity index (χ0n) is 14.6. The Morgan fingerprint density at radius 1 is 1.40 bits per heavy atom. The van der Waals surface area contributed by atoms with E-state index in [1.54, 1.807) is 16.7 Å². The molecule has 0 unspecified atom stereocenters. The Kier molecular flexibility index (Phi) is 5.82. The Morgan fingerprint density at radius 3 is 2.92 bits per heavy atom. The van der Waals surface area contributed by atoms with Crippen LogP contribution in [0.5, 0.6) is 0 Å². The number of hydrogen-bond donors (Lipinski definition) is 1. The van der Waals surface area contributed by atoms with Gasteiger partial charge in [0.05, 0.1) is 37.4 Å². The number of para-hydroxylation sites is 1. The lowest BCUT2D eigenvalue weighted by Gasteiger charge is -2.23. The summed E-state index contributed by atoms with van der Waals surface area (Å²) in [6.45, 7) is 2.24. The highest BCUT2D eigenvalue weighted by Crippen LogP contribution is 2.34. The number of thioether (sulfide) groups is 1. The van der Waals surface area contributed by atoms with Crippen LogP contribution in [0.15, 0.2) is 35.1 Å². The first-order valence-electron chi connectivity index (χ1n) is 8.09. The Morgan fingerprint density at radius 2 is 2.24 bits per heavy atom. The summed E-state index contributed by atoms with van der Waals surface area (Å²) in [6, 6.07) is 6.11. The average Bonchev–Trinajstić information content (AvgIpc) is 3.06. The molecule has 0 saturated heterocycles. The highest BCUT2D eigenvalue weighted by Gasteiger charge is 2.27. The number of nitrogens with one attached hydrogen (secondary N) is 1. The third-order valence-corrected chi connectivity index (χ3v) is 5.57. The predicted octanol–water partition coefficient (Wildman–Crippen LogP) is 1.38. The van der Waals surface area contributed by atoms with Crippen molar-refractivity contribution in [2.45, 2.75) is 4.90 Å². The van der Waals surface area contributed by atoms with Crippen molar-refractivity contribution in [2.75, 3.05) is 51.6 Å². The van der Waals surface area contributed by atoms with Gasteiger partial charge in [-0.05, 0) is 18.4 Å². The van der Waals surface area contributed by atoms with Gasteiger partial charge in [-0.15, -0.1) is 11.8 Å². The molecule has 0 bridgehead atoms. The SMILES string of the molecule is CSc1cccc2sc(N(CC[NH+](C)C)C(=O)C3=COCCO3)nc12. The number of carbonyl (C=O) groups is 1. The van der Waals surface area contributed by atoms with Crippen LogP contribution in [-0.2, 0) is 14.3 Å². The van der Waals surface area contributed by atoms with Crippen molar-refractivity contribution in [1.29, 1.82) is 0 Å². The first-order chi connectivity index (χ1) is 12.1. The molecule has 134 valence electrons. The summed E-state index contributed by atoms with van der Waals surface area (Å²) in [7, 11) is 4.12. The van der Waals surface area contributed by atoms with Crippen LogP contribution >= 0.6 is 23.1 Å². The molecule has 6 nitrogen and oxygen atoms in total. The third-order valence-electron chi connectivity index (χ3n) is 3.76. The van der Waals surface area contributed by atoms with Gasteiger partial charge >= 0.3 is 0 Å². The van der Waals surface area contributed by atoms with Gasteiger partial charge in [0.1, 0.15) is 19.5 Å². The van der Waals surface area contributed by atoms with E-state index in [2.05, 4.69) is 14.1 Å². The van der Waals surface area contributed by atoms with Gasteiger partial charge in [-0.25, -0.2) is 4.98 Å². The maximum absolute atomic E-state index is 12.9. The van der Waals surface area contributed by atoms with E-state index in [0.29, 0.717) is 24.9 Å². The molecular formula is C17H22N3O3S2+. The molecule has 1 N–H and O–H groups in total. The van der Waals surface area contributed by atoms with E-state index in [1.807, 2.05) is 24.5 Å². The molecule has 1 aliphatic rings. The summed E-state index contributed by atoms with van der Waals surface area (Å²) in [6.07, 6.45) is 3.44. The number of likely N-dealkylation sites (N-methyl/N-ethyl adjacent to an activating group) is 1. The standard InChI is InChI=1S/C17H21N3O3S2/c1-19(2)7-8-20(16(21)12-11-22-9-10-23-12)17-18-15-13(24-3)5-4-6-14(15)25-17/h4-6,11H,7-10H2,1-3H3/p+1. The minimum Gasteiger partial charge on any atom is -0.494 e. The van der Waals surface area contributed by atoms with E-state index in [4.69, 9.17) is 14.5 Å². The number of ether oxygens (including phenoxy) is 2. The minimum absolute atomic E-state index is 0.203. The van der Waals surface area contributed by atoms with Crippen molar-refractivity contribution in [2.24, 2.45) is 0 Å². The molecule has 1 aliphatic heterocycles. The number of rotatable bonds is 6. The summed E-state index contributed by atoms with van der Waals surface area (Å²) in [5, 5.41) is 0.692. The van der Waals surface area contributed by atoms with Gasteiger partial charge in [0.15, 0.2) is 5.13 Å². The van der Waals surface area contributed by atoms with Gasteiger partial charge in [-0.3, -0.25) is 9.69 Å². The van der Waals surface area contributed by atoms with Crippen LogP contribution in [0.1, 0.15) is 0 Å². The molecule has 1 aromatic carbocycles. The molecule has 0 aliphatic carbocycles. The largest absolute Gasteiger partial charge is 0.494 e. The van der Waals surface area contributed by atoms with Crippen LogP contribution in [0.3, 0.4) is 0 Å². The van der Waals surface area contributed by atoms with Gasteiger partial charge in [0.2, 0.25) is 5.76 Å². The normalized spacial score (nSPS) is 14.2. The van der Waals surface area contributed by atoms with Gasteiger partial charge in [-0.2, -0.15) is 0 Å². The minimum atomic E-state index is -0.203.